The van der Waals surface area contributed by atoms with Gasteiger partial charge in [-0.1, -0.05) is 25.1 Å². The van der Waals surface area contributed by atoms with Crippen molar-refractivity contribution in [2.24, 2.45) is 0 Å². The molecule has 0 spiro atoms. The third-order valence-electron chi connectivity index (χ3n) is 2.59. The van der Waals surface area contributed by atoms with E-state index in [2.05, 4.69) is 17.6 Å². The minimum absolute atomic E-state index is 0.391. The Bertz CT molecular complexity index is 562. The standard InChI is InChI=1S/C14H14N2O2S/c1-2-10-5-7-11(8-6-10)15-14(18)16-13(17)12-4-3-9-19-12/h3-9H,2H2,1H3,(H2,15,16,17,18). The first-order valence-corrected chi connectivity index (χ1v) is 6.82. The van der Waals surface area contributed by atoms with E-state index in [0.717, 1.165) is 6.42 Å². The zero-order valence-electron chi connectivity index (χ0n) is 10.5. The summed E-state index contributed by atoms with van der Waals surface area (Å²) in [4.78, 5) is 23.8. The zero-order chi connectivity index (χ0) is 13.7. The molecule has 0 saturated carbocycles. The minimum atomic E-state index is -0.525. The number of urea groups is 1. The number of aryl methyl sites for hydroxylation is 1. The Morgan fingerprint density at radius 1 is 1.16 bits per heavy atom. The van der Waals surface area contributed by atoms with Gasteiger partial charge < -0.3 is 5.32 Å². The van der Waals surface area contributed by atoms with Crippen LogP contribution in [0.4, 0.5) is 10.5 Å². The smallest absolute Gasteiger partial charge is 0.308 e. The molecule has 0 aliphatic rings. The van der Waals surface area contributed by atoms with Gasteiger partial charge in [-0.05, 0) is 35.6 Å². The summed E-state index contributed by atoms with van der Waals surface area (Å²) in [5, 5.41) is 6.69. The lowest BCUT2D eigenvalue weighted by molar-refractivity contribution is 0.0971. The van der Waals surface area contributed by atoms with E-state index in [0.29, 0.717) is 10.6 Å². The number of anilines is 1. The molecule has 0 saturated heterocycles. The lowest BCUT2D eigenvalue weighted by Gasteiger charge is -2.06. The molecule has 98 valence electrons. The largest absolute Gasteiger partial charge is 0.326 e. The SMILES string of the molecule is CCc1ccc(NC(=O)NC(=O)c2cccs2)cc1. The summed E-state index contributed by atoms with van der Waals surface area (Å²) in [6.45, 7) is 2.06. The first-order chi connectivity index (χ1) is 9.19. The second kappa shape index (κ2) is 6.15. The molecule has 0 atom stereocenters. The van der Waals surface area contributed by atoms with Gasteiger partial charge in [-0.15, -0.1) is 11.3 Å². The fourth-order valence-electron chi connectivity index (χ4n) is 1.56. The summed E-state index contributed by atoms with van der Waals surface area (Å²) in [7, 11) is 0. The van der Waals surface area contributed by atoms with Crippen LogP contribution in [0.2, 0.25) is 0 Å². The molecule has 0 aliphatic heterocycles. The molecule has 1 heterocycles. The molecule has 19 heavy (non-hydrogen) atoms. The Balaban J connectivity index is 1.92. The molecule has 0 fully saturated rings. The van der Waals surface area contributed by atoms with E-state index >= 15 is 0 Å². The number of hydrogen-bond acceptors (Lipinski definition) is 3. The van der Waals surface area contributed by atoms with Gasteiger partial charge in [-0.25, -0.2) is 4.79 Å². The van der Waals surface area contributed by atoms with Crippen LogP contribution in [0.3, 0.4) is 0 Å². The molecule has 0 aliphatic carbocycles. The van der Waals surface area contributed by atoms with Crippen LogP contribution in [0.1, 0.15) is 22.2 Å². The molecule has 3 amide bonds. The van der Waals surface area contributed by atoms with Crippen LogP contribution >= 0.6 is 11.3 Å². The predicted octanol–water partition coefficient (Wildman–Crippen LogP) is 3.27. The van der Waals surface area contributed by atoms with Crippen LogP contribution in [0.15, 0.2) is 41.8 Å². The Hall–Kier alpha value is -2.14. The van der Waals surface area contributed by atoms with E-state index in [9.17, 15) is 9.59 Å². The highest BCUT2D eigenvalue weighted by Crippen LogP contribution is 2.10. The lowest BCUT2D eigenvalue weighted by Crippen LogP contribution is -2.33. The lowest BCUT2D eigenvalue weighted by atomic mass is 10.1. The van der Waals surface area contributed by atoms with Crippen molar-refractivity contribution in [3.05, 3.63) is 52.2 Å². The molecule has 1 aromatic carbocycles. The van der Waals surface area contributed by atoms with Crippen LogP contribution in [0.5, 0.6) is 0 Å². The van der Waals surface area contributed by atoms with E-state index in [4.69, 9.17) is 0 Å². The Kier molecular flexibility index (Phi) is 4.30. The van der Waals surface area contributed by atoms with Crippen LogP contribution in [0.25, 0.3) is 0 Å². The molecule has 1 aromatic heterocycles. The highest BCUT2D eigenvalue weighted by molar-refractivity contribution is 7.12. The normalized spacial score (nSPS) is 9.95. The third kappa shape index (κ3) is 3.66. The highest BCUT2D eigenvalue weighted by atomic mass is 32.1. The summed E-state index contributed by atoms with van der Waals surface area (Å²) in [5.41, 5.74) is 1.86. The number of amides is 3. The molecular formula is C14H14N2O2S. The Labute approximate surface area is 115 Å². The molecule has 2 rings (SSSR count). The Morgan fingerprint density at radius 2 is 1.89 bits per heavy atom. The second-order valence-electron chi connectivity index (χ2n) is 3.94. The van der Waals surface area contributed by atoms with E-state index in [1.807, 2.05) is 24.3 Å². The molecule has 2 aromatic rings. The summed E-state index contributed by atoms with van der Waals surface area (Å²) >= 11 is 1.29. The fraction of sp³-hybridized carbons (Fsp3) is 0.143. The van der Waals surface area contributed by atoms with Crippen LogP contribution < -0.4 is 10.6 Å². The van der Waals surface area contributed by atoms with Gasteiger partial charge in [0.1, 0.15) is 0 Å². The first kappa shape index (κ1) is 13.3. The van der Waals surface area contributed by atoms with E-state index in [1.165, 1.54) is 16.9 Å². The average molecular weight is 274 g/mol. The number of rotatable bonds is 3. The molecular weight excluding hydrogens is 260 g/mol. The van der Waals surface area contributed by atoms with Gasteiger partial charge in [0.15, 0.2) is 0 Å². The van der Waals surface area contributed by atoms with E-state index in [-0.39, 0.29) is 0 Å². The van der Waals surface area contributed by atoms with Gasteiger partial charge in [-0.2, -0.15) is 0 Å². The van der Waals surface area contributed by atoms with Crippen molar-refractivity contribution in [3.8, 4) is 0 Å². The molecule has 4 nitrogen and oxygen atoms in total. The zero-order valence-corrected chi connectivity index (χ0v) is 11.3. The van der Waals surface area contributed by atoms with Crippen molar-refractivity contribution in [2.75, 3.05) is 5.32 Å². The van der Waals surface area contributed by atoms with Gasteiger partial charge in [0.25, 0.3) is 5.91 Å². The number of thiophene rings is 1. The van der Waals surface area contributed by atoms with Gasteiger partial charge in [0, 0.05) is 5.69 Å². The number of carbonyl (C=O) groups excluding carboxylic acids is 2. The molecule has 0 unspecified atom stereocenters. The van der Waals surface area contributed by atoms with Crippen molar-refractivity contribution >= 4 is 29.0 Å². The van der Waals surface area contributed by atoms with Crippen molar-refractivity contribution in [3.63, 3.8) is 0 Å². The van der Waals surface area contributed by atoms with Crippen LogP contribution in [-0.4, -0.2) is 11.9 Å². The summed E-state index contributed by atoms with van der Waals surface area (Å²) in [6, 6.07) is 10.4. The number of benzene rings is 1. The summed E-state index contributed by atoms with van der Waals surface area (Å²) in [5.74, 6) is -0.391. The van der Waals surface area contributed by atoms with Gasteiger partial charge in [0.05, 0.1) is 4.88 Å². The quantitative estimate of drug-likeness (QED) is 0.902. The van der Waals surface area contributed by atoms with Gasteiger partial charge >= 0.3 is 6.03 Å². The number of hydrogen-bond donors (Lipinski definition) is 2. The predicted molar refractivity (Wildman–Crippen MR) is 76.6 cm³/mol. The Morgan fingerprint density at radius 3 is 2.47 bits per heavy atom. The summed E-state index contributed by atoms with van der Waals surface area (Å²) < 4.78 is 0. The van der Waals surface area contributed by atoms with Crippen molar-refractivity contribution < 1.29 is 9.59 Å². The number of imide groups is 1. The molecule has 0 bridgehead atoms. The topological polar surface area (TPSA) is 58.2 Å². The highest BCUT2D eigenvalue weighted by Gasteiger charge is 2.10. The maximum atomic E-state index is 11.6. The molecule has 5 heteroatoms. The average Bonchev–Trinajstić information content (AvgIpc) is 2.93. The van der Waals surface area contributed by atoms with Gasteiger partial charge in [0.2, 0.25) is 0 Å². The number of nitrogens with one attached hydrogen (secondary N) is 2. The fourth-order valence-corrected chi connectivity index (χ4v) is 2.18. The second-order valence-corrected chi connectivity index (χ2v) is 4.88. The monoisotopic (exact) mass is 274 g/mol. The van der Waals surface area contributed by atoms with E-state index in [1.54, 1.807) is 17.5 Å². The third-order valence-corrected chi connectivity index (χ3v) is 3.46. The van der Waals surface area contributed by atoms with Crippen molar-refractivity contribution in [1.29, 1.82) is 0 Å². The first-order valence-electron chi connectivity index (χ1n) is 5.94. The maximum absolute atomic E-state index is 11.6. The maximum Gasteiger partial charge on any atom is 0.326 e. The minimum Gasteiger partial charge on any atom is -0.308 e. The van der Waals surface area contributed by atoms with Crippen molar-refractivity contribution in [1.82, 2.24) is 5.32 Å². The van der Waals surface area contributed by atoms with Crippen molar-refractivity contribution in [2.45, 2.75) is 13.3 Å². The van der Waals surface area contributed by atoms with Crippen LogP contribution in [-0.2, 0) is 6.42 Å². The van der Waals surface area contributed by atoms with Crippen LogP contribution in [0, 0.1) is 0 Å². The molecule has 0 radical (unpaired) electrons. The molecule has 2 N–H and O–H groups in total. The summed E-state index contributed by atoms with van der Waals surface area (Å²) in [6.07, 6.45) is 0.948. The van der Waals surface area contributed by atoms with E-state index < -0.39 is 11.9 Å². The number of carbonyl (C=O) groups is 2. The van der Waals surface area contributed by atoms with Gasteiger partial charge in [-0.3, -0.25) is 10.1 Å².